The molecule has 0 unspecified atom stereocenters. The zero-order valence-electron chi connectivity index (χ0n) is 12.5. The van der Waals surface area contributed by atoms with Gasteiger partial charge in [-0.1, -0.05) is 17.7 Å². The number of hydrogen-bond acceptors (Lipinski definition) is 4. The van der Waals surface area contributed by atoms with Crippen LogP contribution >= 0.6 is 0 Å². The number of rotatable bonds is 7. The lowest BCUT2D eigenvalue weighted by molar-refractivity contribution is -0.123. The van der Waals surface area contributed by atoms with Crippen molar-refractivity contribution < 1.29 is 9.53 Å². The van der Waals surface area contributed by atoms with Gasteiger partial charge in [-0.05, 0) is 31.5 Å². The molecule has 0 atom stereocenters. The Hall–Kier alpha value is -2.63. The molecule has 0 fully saturated rings. The molecule has 2 rings (SSSR count). The molecule has 6 nitrogen and oxygen atoms in total. The average molecular weight is 301 g/mol. The Balaban J connectivity index is 1.65. The van der Waals surface area contributed by atoms with Gasteiger partial charge in [0.2, 0.25) is 0 Å². The predicted molar refractivity (Wildman–Crippen MR) is 82.8 cm³/mol. The third kappa shape index (κ3) is 5.05. The van der Waals surface area contributed by atoms with Crippen LogP contribution < -0.4 is 15.6 Å². The first-order valence-corrected chi connectivity index (χ1v) is 7.13. The number of amides is 1. The number of nitrogens with zero attached hydrogens (tertiary/aromatic N) is 2. The predicted octanol–water partition coefficient (Wildman–Crippen LogP) is 1.14. The molecular formula is C16H19N3O3. The van der Waals surface area contributed by atoms with E-state index < -0.39 is 0 Å². The van der Waals surface area contributed by atoms with Gasteiger partial charge >= 0.3 is 0 Å². The highest BCUT2D eigenvalue weighted by Crippen LogP contribution is 2.10. The second-order valence-electron chi connectivity index (χ2n) is 4.89. The SMILES string of the molecule is Cc1ccc(OCC(=O)NCCCn2ncccc2=O)cc1. The van der Waals surface area contributed by atoms with E-state index in [4.69, 9.17) is 4.74 Å². The van der Waals surface area contributed by atoms with Gasteiger partial charge < -0.3 is 10.1 Å². The van der Waals surface area contributed by atoms with Crippen molar-refractivity contribution in [2.24, 2.45) is 0 Å². The van der Waals surface area contributed by atoms with E-state index in [1.165, 1.54) is 10.7 Å². The van der Waals surface area contributed by atoms with E-state index in [2.05, 4.69) is 10.4 Å². The molecule has 6 heteroatoms. The van der Waals surface area contributed by atoms with Crippen LogP contribution in [0.3, 0.4) is 0 Å². The molecule has 0 saturated heterocycles. The number of hydrogen-bond donors (Lipinski definition) is 1. The number of aromatic nitrogens is 2. The monoisotopic (exact) mass is 301 g/mol. The Morgan fingerprint density at radius 3 is 2.77 bits per heavy atom. The number of carbonyl (C=O) groups excluding carboxylic acids is 1. The highest BCUT2D eigenvalue weighted by molar-refractivity contribution is 5.77. The van der Waals surface area contributed by atoms with Crippen LogP contribution in [0.25, 0.3) is 0 Å². The van der Waals surface area contributed by atoms with Gasteiger partial charge in [-0.3, -0.25) is 9.59 Å². The first-order valence-electron chi connectivity index (χ1n) is 7.13. The van der Waals surface area contributed by atoms with Gasteiger partial charge in [-0.2, -0.15) is 5.10 Å². The summed E-state index contributed by atoms with van der Waals surface area (Å²) in [4.78, 5) is 23.1. The Labute approximate surface area is 128 Å². The summed E-state index contributed by atoms with van der Waals surface area (Å²) in [6.45, 7) is 2.91. The average Bonchev–Trinajstić information content (AvgIpc) is 2.52. The topological polar surface area (TPSA) is 73.2 Å². The standard InChI is InChI=1S/C16H19N3O3/c1-13-5-7-14(8-6-13)22-12-15(20)17-9-3-11-19-16(21)4-2-10-18-19/h2,4-8,10H,3,9,11-12H2,1H3,(H,17,20). The smallest absolute Gasteiger partial charge is 0.266 e. The third-order valence-electron chi connectivity index (χ3n) is 3.05. The molecule has 0 saturated carbocycles. The van der Waals surface area contributed by atoms with Gasteiger partial charge in [0.05, 0.1) is 0 Å². The van der Waals surface area contributed by atoms with Crippen LogP contribution in [0, 0.1) is 6.92 Å². The Morgan fingerprint density at radius 2 is 2.05 bits per heavy atom. The van der Waals surface area contributed by atoms with Crippen LogP contribution in [0.4, 0.5) is 0 Å². The van der Waals surface area contributed by atoms with Gasteiger partial charge in [0, 0.05) is 25.4 Å². The summed E-state index contributed by atoms with van der Waals surface area (Å²) in [5.74, 6) is 0.481. The van der Waals surface area contributed by atoms with Crippen molar-refractivity contribution in [2.45, 2.75) is 19.9 Å². The lowest BCUT2D eigenvalue weighted by Gasteiger charge is -2.08. The van der Waals surface area contributed by atoms with Crippen LogP contribution in [0.15, 0.2) is 47.4 Å². The van der Waals surface area contributed by atoms with E-state index in [9.17, 15) is 9.59 Å². The van der Waals surface area contributed by atoms with E-state index >= 15 is 0 Å². The molecule has 1 aromatic heterocycles. The minimum Gasteiger partial charge on any atom is -0.484 e. The fraction of sp³-hybridized carbons (Fsp3) is 0.312. The largest absolute Gasteiger partial charge is 0.484 e. The molecule has 22 heavy (non-hydrogen) atoms. The summed E-state index contributed by atoms with van der Waals surface area (Å²) in [6.07, 6.45) is 2.20. The number of carbonyl (C=O) groups is 1. The number of benzene rings is 1. The Morgan fingerprint density at radius 1 is 1.27 bits per heavy atom. The minimum atomic E-state index is -0.186. The molecule has 116 valence electrons. The van der Waals surface area contributed by atoms with Gasteiger partial charge in [-0.25, -0.2) is 4.68 Å². The molecule has 0 aliphatic heterocycles. The summed E-state index contributed by atoms with van der Waals surface area (Å²) < 4.78 is 6.75. The number of aryl methyl sites for hydroxylation is 2. The van der Waals surface area contributed by atoms with Crippen LogP contribution in [-0.2, 0) is 11.3 Å². The maximum atomic E-state index is 11.6. The minimum absolute atomic E-state index is 0.0212. The molecule has 0 aliphatic rings. The summed E-state index contributed by atoms with van der Waals surface area (Å²) in [6, 6.07) is 10.6. The van der Waals surface area contributed by atoms with Crippen molar-refractivity contribution in [3.8, 4) is 5.75 Å². The molecule has 1 amide bonds. The van der Waals surface area contributed by atoms with E-state index in [0.29, 0.717) is 25.3 Å². The fourth-order valence-corrected chi connectivity index (χ4v) is 1.85. The fourth-order valence-electron chi connectivity index (χ4n) is 1.85. The number of ether oxygens (including phenoxy) is 1. The molecule has 0 radical (unpaired) electrons. The zero-order chi connectivity index (χ0) is 15.8. The van der Waals surface area contributed by atoms with E-state index in [1.807, 2.05) is 31.2 Å². The normalized spacial score (nSPS) is 10.2. The van der Waals surface area contributed by atoms with Crippen molar-refractivity contribution in [3.05, 3.63) is 58.5 Å². The van der Waals surface area contributed by atoms with E-state index in [0.717, 1.165) is 5.56 Å². The van der Waals surface area contributed by atoms with Crippen molar-refractivity contribution in [1.29, 1.82) is 0 Å². The van der Waals surface area contributed by atoms with Gasteiger partial charge in [-0.15, -0.1) is 0 Å². The molecule has 0 aliphatic carbocycles. The van der Waals surface area contributed by atoms with E-state index in [1.54, 1.807) is 12.3 Å². The lowest BCUT2D eigenvalue weighted by Crippen LogP contribution is -2.31. The summed E-state index contributed by atoms with van der Waals surface area (Å²) >= 11 is 0. The third-order valence-corrected chi connectivity index (χ3v) is 3.05. The maximum Gasteiger partial charge on any atom is 0.266 e. The van der Waals surface area contributed by atoms with Crippen molar-refractivity contribution in [3.63, 3.8) is 0 Å². The van der Waals surface area contributed by atoms with Crippen LogP contribution in [0.2, 0.25) is 0 Å². The summed E-state index contributed by atoms with van der Waals surface area (Å²) in [5, 5.41) is 6.69. The second-order valence-corrected chi connectivity index (χ2v) is 4.89. The number of nitrogens with one attached hydrogen (secondary N) is 1. The molecule has 0 bridgehead atoms. The molecule has 1 heterocycles. The molecule has 1 N–H and O–H groups in total. The highest BCUT2D eigenvalue weighted by Gasteiger charge is 2.02. The molecular weight excluding hydrogens is 282 g/mol. The van der Waals surface area contributed by atoms with Gasteiger partial charge in [0.1, 0.15) is 5.75 Å². The lowest BCUT2D eigenvalue weighted by atomic mass is 10.2. The second kappa shape index (κ2) is 7.97. The quantitative estimate of drug-likeness (QED) is 0.778. The summed E-state index contributed by atoms with van der Waals surface area (Å²) in [7, 11) is 0. The van der Waals surface area contributed by atoms with E-state index in [-0.39, 0.29) is 18.1 Å². The van der Waals surface area contributed by atoms with Crippen LogP contribution in [-0.4, -0.2) is 28.8 Å². The van der Waals surface area contributed by atoms with Crippen molar-refractivity contribution in [2.75, 3.05) is 13.2 Å². The first kappa shape index (κ1) is 15.8. The van der Waals surface area contributed by atoms with Crippen molar-refractivity contribution in [1.82, 2.24) is 15.1 Å². The maximum absolute atomic E-state index is 11.6. The van der Waals surface area contributed by atoms with Crippen LogP contribution in [0.5, 0.6) is 5.75 Å². The Bertz CT molecular complexity index is 665. The molecule has 0 spiro atoms. The summed E-state index contributed by atoms with van der Waals surface area (Å²) in [5.41, 5.74) is 0.998. The Kier molecular flexibility index (Phi) is 5.71. The first-order chi connectivity index (χ1) is 10.6. The van der Waals surface area contributed by atoms with Gasteiger partial charge in [0.25, 0.3) is 11.5 Å². The van der Waals surface area contributed by atoms with Crippen LogP contribution in [0.1, 0.15) is 12.0 Å². The highest BCUT2D eigenvalue weighted by atomic mass is 16.5. The van der Waals surface area contributed by atoms with Gasteiger partial charge in [0.15, 0.2) is 6.61 Å². The molecule has 2 aromatic rings. The molecule has 1 aromatic carbocycles. The van der Waals surface area contributed by atoms with Crippen molar-refractivity contribution >= 4 is 5.91 Å². The zero-order valence-corrected chi connectivity index (χ0v) is 12.5.